The third-order valence-electron chi connectivity index (χ3n) is 3.95. The Balaban J connectivity index is 2.35. The highest BCUT2D eigenvalue weighted by Crippen LogP contribution is 2.20. The van der Waals surface area contributed by atoms with Crippen molar-refractivity contribution in [2.45, 2.75) is 19.1 Å². The monoisotopic (exact) mass is 399 g/mol. The molecule has 0 aromatic heterocycles. The van der Waals surface area contributed by atoms with E-state index in [1.165, 1.54) is 50.4 Å². The van der Waals surface area contributed by atoms with Crippen LogP contribution < -0.4 is 15.8 Å². The summed E-state index contributed by atoms with van der Waals surface area (Å²) in [7, 11) is 1.34. The fourth-order valence-electron chi connectivity index (χ4n) is 2.46. The largest absolute Gasteiger partial charge is 0.476 e. The number of nitrogens with zero attached hydrogens (tertiary/aromatic N) is 1. The molecule has 0 spiro atoms. The molecule has 1 amide bonds. The number of amidine groups is 1. The van der Waals surface area contributed by atoms with E-state index >= 15 is 0 Å². The Labute approximate surface area is 167 Å². The van der Waals surface area contributed by atoms with E-state index in [4.69, 9.17) is 10.5 Å². The highest BCUT2D eigenvalue weighted by atomic mass is 16.6. The third kappa shape index (κ3) is 4.89. The first-order valence-corrected chi connectivity index (χ1v) is 8.64. The van der Waals surface area contributed by atoms with Crippen LogP contribution in [0.3, 0.4) is 0 Å². The quantitative estimate of drug-likeness (QED) is 0.191. The van der Waals surface area contributed by atoms with E-state index in [1.54, 1.807) is 18.2 Å². The van der Waals surface area contributed by atoms with Crippen LogP contribution in [0.5, 0.6) is 5.75 Å². The van der Waals surface area contributed by atoms with Gasteiger partial charge in [-0.2, -0.15) is 0 Å². The lowest BCUT2D eigenvalue weighted by Crippen LogP contribution is -2.64. The number of nitrogens with one attached hydrogen (secondary N) is 1. The maximum absolute atomic E-state index is 12.7. The van der Waals surface area contributed by atoms with Gasteiger partial charge in [-0.15, -0.1) is 0 Å². The average Bonchev–Trinajstić information content (AvgIpc) is 2.73. The van der Waals surface area contributed by atoms with Crippen LogP contribution in [-0.4, -0.2) is 41.4 Å². The number of hydrogen-bond donors (Lipinski definition) is 3. The van der Waals surface area contributed by atoms with Gasteiger partial charge in [0.25, 0.3) is 5.91 Å². The minimum absolute atomic E-state index is 0.102. The molecule has 9 nitrogen and oxygen atoms in total. The van der Waals surface area contributed by atoms with E-state index in [0.29, 0.717) is 5.56 Å². The number of amides is 1. The molecule has 0 saturated heterocycles. The van der Waals surface area contributed by atoms with Crippen molar-refractivity contribution in [3.63, 3.8) is 0 Å². The van der Waals surface area contributed by atoms with Crippen LogP contribution in [-0.2, 0) is 14.4 Å². The van der Waals surface area contributed by atoms with E-state index in [2.05, 4.69) is 15.3 Å². The van der Waals surface area contributed by atoms with Crippen LogP contribution in [0, 0.1) is 0 Å². The minimum Gasteiger partial charge on any atom is -0.476 e. The molecule has 0 aliphatic carbocycles. The number of carbonyl (C=O) groups is 3. The minimum atomic E-state index is -2.57. The molecule has 0 radical (unpaired) electrons. The average molecular weight is 399 g/mol. The molecule has 4 N–H and O–H groups in total. The normalized spacial score (nSPS) is 13.1. The summed E-state index contributed by atoms with van der Waals surface area (Å²) in [6, 6.07) is 13.7. The van der Waals surface area contributed by atoms with Gasteiger partial charge in [0.05, 0.1) is 0 Å². The fourth-order valence-corrected chi connectivity index (χ4v) is 2.46. The molecule has 152 valence electrons. The fraction of sp³-hybridized carbons (Fsp3) is 0.200. The molecule has 29 heavy (non-hydrogen) atoms. The van der Waals surface area contributed by atoms with Crippen molar-refractivity contribution in [1.29, 1.82) is 0 Å². The van der Waals surface area contributed by atoms with E-state index in [-0.39, 0.29) is 23.6 Å². The summed E-state index contributed by atoms with van der Waals surface area (Å²) in [6.07, 6.45) is -0.164. The number of benzene rings is 2. The number of aliphatic carboxylic acids is 1. The van der Waals surface area contributed by atoms with Crippen molar-refractivity contribution in [3.8, 4) is 5.75 Å². The number of ketones is 1. The number of nitrogens with two attached hydrogens (primary N) is 1. The Hall–Kier alpha value is -3.88. The van der Waals surface area contributed by atoms with E-state index in [1.807, 2.05) is 0 Å². The number of Topliss-reactive ketones (excluding diaryl/α,β-unsaturated/α-hetero) is 1. The second kappa shape index (κ2) is 9.36. The Morgan fingerprint density at radius 1 is 1.07 bits per heavy atom. The smallest absolute Gasteiger partial charge is 0.378 e. The maximum atomic E-state index is 12.7. The second-order valence-corrected chi connectivity index (χ2v) is 5.87. The van der Waals surface area contributed by atoms with Crippen LogP contribution in [0.2, 0.25) is 0 Å². The van der Waals surface area contributed by atoms with Crippen LogP contribution in [0.25, 0.3) is 0 Å². The Morgan fingerprint density at radius 2 is 1.66 bits per heavy atom. The number of carboxylic acid groups (broad SMARTS) is 1. The van der Waals surface area contributed by atoms with Gasteiger partial charge in [-0.1, -0.05) is 42.4 Å². The molecular formula is C20H21N3O6. The zero-order valence-electron chi connectivity index (χ0n) is 15.9. The van der Waals surface area contributed by atoms with E-state index < -0.39 is 23.4 Å². The van der Waals surface area contributed by atoms with Gasteiger partial charge in [-0.05, 0) is 24.3 Å². The van der Waals surface area contributed by atoms with Gasteiger partial charge in [-0.25, -0.2) is 4.79 Å². The highest BCUT2D eigenvalue weighted by molar-refractivity contribution is 6.11. The van der Waals surface area contributed by atoms with Gasteiger partial charge in [0.2, 0.25) is 5.78 Å². The van der Waals surface area contributed by atoms with E-state index in [0.717, 1.165) is 0 Å². The molecule has 2 rings (SSSR count). The number of rotatable bonds is 9. The summed E-state index contributed by atoms with van der Waals surface area (Å²) in [5.74, 6) is -3.02. The van der Waals surface area contributed by atoms with Crippen molar-refractivity contribution in [2.24, 2.45) is 10.9 Å². The number of hydrogen-bond acceptors (Lipinski definition) is 6. The number of para-hydroxylation sites is 1. The summed E-state index contributed by atoms with van der Waals surface area (Å²) in [6.45, 7) is 1.48. The highest BCUT2D eigenvalue weighted by Gasteiger charge is 2.49. The van der Waals surface area contributed by atoms with Crippen LogP contribution in [0.4, 0.5) is 0 Å². The Morgan fingerprint density at radius 3 is 2.17 bits per heavy atom. The summed E-state index contributed by atoms with van der Waals surface area (Å²) in [5, 5.41) is 15.6. The Bertz CT molecular complexity index is 912. The Kier molecular flexibility index (Phi) is 6.91. The first-order valence-electron chi connectivity index (χ1n) is 8.64. The molecule has 0 bridgehead atoms. The molecule has 2 aromatic carbocycles. The van der Waals surface area contributed by atoms with Gasteiger partial charge >= 0.3 is 11.7 Å². The summed E-state index contributed by atoms with van der Waals surface area (Å²) in [4.78, 5) is 41.8. The molecule has 0 aliphatic rings. The van der Waals surface area contributed by atoms with Crippen molar-refractivity contribution in [3.05, 3.63) is 65.7 Å². The van der Waals surface area contributed by atoms with Gasteiger partial charge in [0.1, 0.15) is 12.9 Å². The predicted molar refractivity (Wildman–Crippen MR) is 104 cm³/mol. The van der Waals surface area contributed by atoms with Crippen molar-refractivity contribution < 1.29 is 29.1 Å². The van der Waals surface area contributed by atoms with Crippen molar-refractivity contribution >= 4 is 23.5 Å². The molecule has 2 aromatic rings. The number of carboxylic acids is 1. The summed E-state index contributed by atoms with van der Waals surface area (Å²) in [5.41, 5.74) is 3.73. The van der Waals surface area contributed by atoms with Crippen LogP contribution >= 0.6 is 0 Å². The molecule has 0 saturated carbocycles. The molecule has 0 fully saturated rings. The van der Waals surface area contributed by atoms with Gasteiger partial charge in [0.15, 0.2) is 5.84 Å². The number of oxime groups is 1. The van der Waals surface area contributed by atoms with Crippen molar-refractivity contribution in [2.75, 3.05) is 7.11 Å². The maximum Gasteiger partial charge on any atom is 0.378 e. The number of ether oxygens (including phenoxy) is 1. The SMILES string of the molecule is CCC(=O)C(NC(=O)c1ccc(C(N)=NOC)cc1)(Oc1ccccc1)C(=O)O. The molecule has 0 aliphatic heterocycles. The summed E-state index contributed by atoms with van der Waals surface area (Å²) < 4.78 is 5.47. The lowest BCUT2D eigenvalue weighted by Gasteiger charge is -2.29. The van der Waals surface area contributed by atoms with Crippen molar-refractivity contribution in [1.82, 2.24) is 5.32 Å². The van der Waals surface area contributed by atoms with E-state index in [9.17, 15) is 19.5 Å². The first-order chi connectivity index (χ1) is 13.8. The second-order valence-electron chi connectivity index (χ2n) is 5.87. The zero-order chi connectivity index (χ0) is 21.4. The molecule has 1 unspecified atom stereocenters. The third-order valence-corrected chi connectivity index (χ3v) is 3.95. The predicted octanol–water partition coefficient (Wildman–Crippen LogP) is 1.52. The standard InChI is InChI=1S/C20H21N3O6/c1-3-16(24)20(19(26)27,29-15-7-5-4-6-8-15)22-18(25)14-11-9-13(10-12-14)17(21)23-28-2/h4-12H,3H2,1-2H3,(H2,21,23)(H,22,25)(H,26,27). The van der Waals surface area contributed by atoms with Gasteiger partial charge in [0, 0.05) is 17.5 Å². The molecule has 9 heteroatoms. The summed E-state index contributed by atoms with van der Waals surface area (Å²) >= 11 is 0. The lowest BCUT2D eigenvalue weighted by molar-refractivity contribution is -0.164. The molecular weight excluding hydrogens is 378 g/mol. The zero-order valence-corrected chi connectivity index (χ0v) is 15.9. The first kappa shape index (κ1) is 21.4. The molecule has 1 atom stereocenters. The van der Waals surface area contributed by atoms with Gasteiger partial charge in [-0.3, -0.25) is 14.9 Å². The molecule has 0 heterocycles. The lowest BCUT2D eigenvalue weighted by atomic mass is 10.0. The number of carbonyl (C=O) groups excluding carboxylic acids is 2. The van der Waals surface area contributed by atoms with Crippen LogP contribution in [0.15, 0.2) is 59.8 Å². The topological polar surface area (TPSA) is 140 Å². The van der Waals surface area contributed by atoms with Crippen LogP contribution in [0.1, 0.15) is 29.3 Å². The van der Waals surface area contributed by atoms with Gasteiger partial charge < -0.3 is 20.4 Å².